The highest BCUT2D eigenvalue weighted by molar-refractivity contribution is 7.80. The Hall–Kier alpha value is -1.07. The maximum absolute atomic E-state index is 13.5. The Morgan fingerprint density at radius 2 is 2.37 bits per heavy atom. The van der Waals surface area contributed by atoms with Crippen molar-refractivity contribution in [3.8, 4) is 0 Å². The van der Waals surface area contributed by atoms with Crippen molar-refractivity contribution in [1.82, 2.24) is 10.2 Å². The van der Waals surface area contributed by atoms with Gasteiger partial charge in [0.25, 0.3) is 5.91 Å². The van der Waals surface area contributed by atoms with Crippen molar-refractivity contribution in [2.75, 3.05) is 26.2 Å². The van der Waals surface area contributed by atoms with Crippen LogP contribution in [-0.2, 0) is 0 Å². The van der Waals surface area contributed by atoms with Gasteiger partial charge < -0.3 is 10.2 Å². The fourth-order valence-corrected chi connectivity index (χ4v) is 2.59. The molecule has 3 nitrogen and oxygen atoms in total. The minimum absolute atomic E-state index is 0.0674. The molecule has 1 aromatic rings. The zero-order valence-corrected chi connectivity index (χ0v) is 11.9. The van der Waals surface area contributed by atoms with Gasteiger partial charge in [0.2, 0.25) is 0 Å². The van der Waals surface area contributed by atoms with Gasteiger partial charge in [-0.3, -0.25) is 4.79 Å². The summed E-state index contributed by atoms with van der Waals surface area (Å²) in [6.07, 6.45) is 1.09. The molecule has 0 spiro atoms. The molecule has 0 aromatic heterocycles. The van der Waals surface area contributed by atoms with Crippen LogP contribution in [0.3, 0.4) is 0 Å². The molecule has 1 fully saturated rings. The number of benzene rings is 1. The highest BCUT2D eigenvalue weighted by atomic mass is 32.1. The lowest BCUT2D eigenvalue weighted by molar-refractivity contribution is 0.0943. The second kappa shape index (κ2) is 6.39. The predicted octanol–water partition coefficient (Wildman–Crippen LogP) is 2.19. The minimum Gasteiger partial charge on any atom is -0.352 e. The van der Waals surface area contributed by atoms with Gasteiger partial charge in [-0.05, 0) is 43.6 Å². The van der Waals surface area contributed by atoms with Gasteiger partial charge in [0.15, 0.2) is 0 Å². The molecule has 1 saturated heterocycles. The van der Waals surface area contributed by atoms with Crippen molar-refractivity contribution < 1.29 is 9.18 Å². The molecular formula is C14H19FN2OS. The standard InChI is InChI=1S/C14H19FN2OS/c1-2-17-6-5-10(9-17)8-16-14(18)12-7-11(19)3-4-13(12)15/h3-4,7,10,19H,2,5-6,8-9H2,1H3,(H,16,18). The molecule has 1 N–H and O–H groups in total. The van der Waals surface area contributed by atoms with E-state index in [-0.39, 0.29) is 11.5 Å². The van der Waals surface area contributed by atoms with Gasteiger partial charge in [0.05, 0.1) is 5.56 Å². The molecule has 1 unspecified atom stereocenters. The Morgan fingerprint density at radius 1 is 1.58 bits per heavy atom. The van der Waals surface area contributed by atoms with E-state index in [1.54, 1.807) is 0 Å². The number of carbonyl (C=O) groups is 1. The molecule has 2 rings (SSSR count). The van der Waals surface area contributed by atoms with Crippen LogP contribution in [0.5, 0.6) is 0 Å². The minimum atomic E-state index is -0.503. The number of likely N-dealkylation sites (tertiary alicyclic amines) is 1. The SMILES string of the molecule is CCN1CCC(CNC(=O)c2cc(S)ccc2F)C1. The summed E-state index contributed by atoms with van der Waals surface area (Å²) in [5.41, 5.74) is 0.0674. The Balaban J connectivity index is 1.89. The van der Waals surface area contributed by atoms with Gasteiger partial charge >= 0.3 is 0 Å². The maximum atomic E-state index is 13.5. The molecule has 1 atom stereocenters. The number of carbonyl (C=O) groups excluding carboxylic acids is 1. The van der Waals surface area contributed by atoms with Crippen LogP contribution >= 0.6 is 12.6 Å². The van der Waals surface area contributed by atoms with Gasteiger partial charge in [0.1, 0.15) is 5.82 Å². The Morgan fingerprint density at radius 3 is 3.05 bits per heavy atom. The van der Waals surface area contributed by atoms with E-state index in [4.69, 9.17) is 0 Å². The highest BCUT2D eigenvalue weighted by Crippen LogP contribution is 2.16. The van der Waals surface area contributed by atoms with E-state index < -0.39 is 5.82 Å². The molecule has 0 aliphatic carbocycles. The highest BCUT2D eigenvalue weighted by Gasteiger charge is 2.22. The molecule has 1 heterocycles. The molecule has 1 aliphatic heterocycles. The van der Waals surface area contributed by atoms with Crippen LogP contribution in [-0.4, -0.2) is 37.0 Å². The number of rotatable bonds is 4. The summed E-state index contributed by atoms with van der Waals surface area (Å²) < 4.78 is 13.5. The molecule has 5 heteroatoms. The normalized spacial score (nSPS) is 19.6. The average molecular weight is 282 g/mol. The summed E-state index contributed by atoms with van der Waals surface area (Å²) in [6, 6.07) is 4.26. The summed E-state index contributed by atoms with van der Waals surface area (Å²) >= 11 is 4.12. The predicted molar refractivity (Wildman–Crippen MR) is 76.2 cm³/mol. The zero-order valence-electron chi connectivity index (χ0n) is 11.0. The lowest BCUT2D eigenvalue weighted by Gasteiger charge is -2.14. The third-order valence-electron chi connectivity index (χ3n) is 3.56. The molecule has 1 aromatic carbocycles. The molecular weight excluding hydrogens is 263 g/mol. The van der Waals surface area contributed by atoms with Crippen molar-refractivity contribution >= 4 is 18.5 Å². The van der Waals surface area contributed by atoms with Crippen LogP contribution in [0.25, 0.3) is 0 Å². The van der Waals surface area contributed by atoms with Crippen LogP contribution < -0.4 is 5.32 Å². The summed E-state index contributed by atoms with van der Waals surface area (Å²) in [5.74, 6) is -0.397. The van der Waals surface area contributed by atoms with Crippen molar-refractivity contribution in [3.05, 3.63) is 29.6 Å². The van der Waals surface area contributed by atoms with Crippen LogP contribution in [0.2, 0.25) is 0 Å². The van der Waals surface area contributed by atoms with E-state index in [2.05, 4.69) is 29.8 Å². The van der Waals surface area contributed by atoms with Gasteiger partial charge in [-0.2, -0.15) is 0 Å². The first-order valence-corrected chi connectivity index (χ1v) is 7.04. The summed E-state index contributed by atoms with van der Waals surface area (Å²) in [4.78, 5) is 14.9. The number of nitrogens with one attached hydrogen (secondary N) is 1. The second-order valence-corrected chi connectivity index (χ2v) is 5.44. The van der Waals surface area contributed by atoms with E-state index in [0.717, 1.165) is 26.1 Å². The topological polar surface area (TPSA) is 32.3 Å². The molecule has 0 bridgehead atoms. The van der Waals surface area contributed by atoms with Crippen LogP contribution in [0, 0.1) is 11.7 Å². The lowest BCUT2D eigenvalue weighted by Crippen LogP contribution is -2.31. The number of halogens is 1. The van der Waals surface area contributed by atoms with Crippen molar-refractivity contribution in [2.45, 2.75) is 18.2 Å². The van der Waals surface area contributed by atoms with Crippen LogP contribution in [0.15, 0.2) is 23.1 Å². The molecule has 104 valence electrons. The summed E-state index contributed by atoms with van der Waals surface area (Å²) in [6.45, 7) is 5.87. The third kappa shape index (κ3) is 3.70. The molecule has 1 aliphatic rings. The first-order valence-electron chi connectivity index (χ1n) is 6.59. The fraction of sp³-hybridized carbons (Fsp3) is 0.500. The molecule has 19 heavy (non-hydrogen) atoms. The number of hydrogen-bond acceptors (Lipinski definition) is 3. The molecule has 1 amide bonds. The summed E-state index contributed by atoms with van der Waals surface area (Å²) in [5, 5.41) is 2.81. The van der Waals surface area contributed by atoms with E-state index >= 15 is 0 Å². The largest absolute Gasteiger partial charge is 0.352 e. The Bertz CT molecular complexity index is 467. The monoisotopic (exact) mass is 282 g/mol. The Kier molecular flexibility index (Phi) is 4.82. The van der Waals surface area contributed by atoms with Gasteiger partial charge in [-0.1, -0.05) is 6.92 Å². The second-order valence-electron chi connectivity index (χ2n) is 4.92. The first kappa shape index (κ1) is 14.3. The van der Waals surface area contributed by atoms with Crippen molar-refractivity contribution in [2.24, 2.45) is 5.92 Å². The van der Waals surface area contributed by atoms with Crippen LogP contribution in [0.1, 0.15) is 23.7 Å². The van der Waals surface area contributed by atoms with Crippen LogP contribution in [0.4, 0.5) is 4.39 Å². The van der Waals surface area contributed by atoms with Gasteiger partial charge in [-0.25, -0.2) is 4.39 Å². The van der Waals surface area contributed by atoms with Crippen molar-refractivity contribution in [1.29, 1.82) is 0 Å². The van der Waals surface area contributed by atoms with Gasteiger partial charge in [-0.15, -0.1) is 12.6 Å². The quantitative estimate of drug-likeness (QED) is 0.830. The maximum Gasteiger partial charge on any atom is 0.254 e. The lowest BCUT2D eigenvalue weighted by atomic mass is 10.1. The first-order chi connectivity index (χ1) is 9.10. The molecule has 0 saturated carbocycles. The van der Waals surface area contributed by atoms with Gasteiger partial charge in [0, 0.05) is 18.0 Å². The number of amides is 1. The van der Waals surface area contributed by atoms with E-state index in [1.807, 2.05) is 0 Å². The van der Waals surface area contributed by atoms with E-state index in [1.165, 1.54) is 18.2 Å². The third-order valence-corrected chi connectivity index (χ3v) is 3.84. The smallest absolute Gasteiger partial charge is 0.254 e. The number of nitrogens with zero attached hydrogens (tertiary/aromatic N) is 1. The van der Waals surface area contributed by atoms with E-state index in [9.17, 15) is 9.18 Å². The Labute approximate surface area is 118 Å². The number of thiol groups is 1. The zero-order chi connectivity index (χ0) is 13.8. The average Bonchev–Trinajstić information content (AvgIpc) is 2.87. The molecule has 0 radical (unpaired) electrons. The van der Waals surface area contributed by atoms with Crippen molar-refractivity contribution in [3.63, 3.8) is 0 Å². The fourth-order valence-electron chi connectivity index (χ4n) is 2.39. The summed E-state index contributed by atoms with van der Waals surface area (Å²) in [7, 11) is 0. The number of hydrogen-bond donors (Lipinski definition) is 2. The van der Waals surface area contributed by atoms with E-state index in [0.29, 0.717) is 17.4 Å².